The van der Waals surface area contributed by atoms with Gasteiger partial charge < -0.3 is 4.57 Å². The molecule has 5 aliphatic rings. The van der Waals surface area contributed by atoms with Gasteiger partial charge in [0.05, 0.1) is 0 Å². The maximum absolute atomic E-state index is 2.38. The van der Waals surface area contributed by atoms with E-state index in [1.165, 1.54) is 145 Å². The molecule has 0 spiro atoms. The van der Waals surface area contributed by atoms with Gasteiger partial charge >= 0.3 is 0 Å². The van der Waals surface area contributed by atoms with Gasteiger partial charge in [-0.05, 0) is 164 Å². The van der Waals surface area contributed by atoms with E-state index in [1.54, 1.807) is 22.3 Å². The van der Waals surface area contributed by atoms with Gasteiger partial charge in [0, 0.05) is 28.9 Å². The first-order valence-electron chi connectivity index (χ1n) is 37.2. The van der Waals surface area contributed by atoms with E-state index in [9.17, 15) is 0 Å². The van der Waals surface area contributed by atoms with E-state index in [-0.39, 0.29) is 0 Å². The van der Waals surface area contributed by atoms with Gasteiger partial charge in [0.1, 0.15) is 0 Å². The Balaban J connectivity index is 0.000000368. The highest BCUT2D eigenvalue weighted by atomic mass is 14.9. The largest absolute Gasteiger partial charge is 0.344 e. The third-order valence-corrected chi connectivity index (χ3v) is 15.7. The Morgan fingerprint density at radius 3 is 0.990 bits per heavy atom. The number of aromatic nitrogens is 1. The molecule has 11 aromatic carbocycles. The van der Waals surface area contributed by atoms with Crippen molar-refractivity contribution in [1.82, 2.24) is 4.57 Å². The van der Waals surface area contributed by atoms with Crippen LogP contribution in [-0.2, 0) is 45.6 Å². The molecule has 17 rings (SSSR count). The molecule has 0 amide bonds. The summed E-state index contributed by atoms with van der Waals surface area (Å²) in [5.41, 5.74) is 17.3. The fourth-order valence-corrected chi connectivity index (χ4v) is 11.6. The van der Waals surface area contributed by atoms with Crippen molar-refractivity contribution in [3.8, 4) is 0 Å². The second kappa shape index (κ2) is 51.5. The third-order valence-electron chi connectivity index (χ3n) is 15.7. The molecule has 0 saturated carbocycles. The van der Waals surface area contributed by atoms with Gasteiger partial charge in [0.2, 0.25) is 0 Å². The van der Waals surface area contributed by atoms with E-state index in [0.717, 1.165) is 6.42 Å². The fraction of sp³-hybridized carbons (Fsp3) is 0.305. The standard InChI is InChI=1S/C14H14.C13H11N.C12H8.C10H10.C10H8.C9H10.C9H8.9C2H6/c1-2-6-12-10-14-8-4-3-7-13(14)9-11(12)5-1;1-14-12-8-4-2-6-10(12)11-7-3-5-9-13(11)14;1-3-9-4-2-6-11-8-7-10(5-1)12(9)11;2*1-2-6-10-8-4-3-7-9(10)5-1;2*1-2-5-9-7-3-6-8(9)4-1;9*1-2/h1-2,5-6,9-10H,3-4,7-8H2;2-9H,1H3;1-8H;1-3,5-7H,4,8H2;1-8H;1-2,4-5H,3,6-7H2;1-6H,7H2;9*1-2H3. The molecular formula is C95H123N. The molecule has 1 heteroatoms. The first-order chi connectivity index (χ1) is 47.6. The summed E-state index contributed by atoms with van der Waals surface area (Å²) in [7, 11) is 2.12. The zero-order valence-electron chi connectivity index (χ0n) is 63.1. The summed E-state index contributed by atoms with van der Waals surface area (Å²) in [5, 5.41) is 10.8. The van der Waals surface area contributed by atoms with Crippen molar-refractivity contribution in [1.29, 1.82) is 0 Å². The molecule has 96 heavy (non-hydrogen) atoms. The van der Waals surface area contributed by atoms with Crippen molar-refractivity contribution in [2.75, 3.05) is 0 Å². The molecule has 0 unspecified atom stereocenters. The predicted octanol–water partition coefficient (Wildman–Crippen LogP) is 29.5. The van der Waals surface area contributed by atoms with Crippen LogP contribution < -0.4 is 0 Å². The van der Waals surface area contributed by atoms with E-state index in [4.69, 9.17) is 0 Å². The molecule has 0 aliphatic heterocycles. The lowest BCUT2D eigenvalue weighted by Crippen LogP contribution is -2.01. The average molecular weight is 1280 g/mol. The van der Waals surface area contributed by atoms with Gasteiger partial charge in [-0.2, -0.15) is 0 Å². The maximum Gasteiger partial charge on any atom is 0.0488 e. The summed E-state index contributed by atoms with van der Waals surface area (Å²) in [6.45, 7) is 36.0. The average Bonchev–Trinajstić information content (AvgIpc) is 1.75. The smallest absolute Gasteiger partial charge is 0.0488 e. The van der Waals surface area contributed by atoms with Crippen molar-refractivity contribution in [2.45, 2.75) is 189 Å². The molecule has 0 N–H and O–H groups in total. The molecule has 0 atom stereocenters. The van der Waals surface area contributed by atoms with Crippen LogP contribution in [0.15, 0.2) is 255 Å². The zero-order valence-corrected chi connectivity index (χ0v) is 63.1. The first-order valence-corrected chi connectivity index (χ1v) is 37.2. The van der Waals surface area contributed by atoms with Crippen LogP contribution in [0.4, 0.5) is 0 Å². The normalized spacial score (nSPS) is 11.4. The van der Waals surface area contributed by atoms with E-state index >= 15 is 0 Å². The summed E-state index contributed by atoms with van der Waals surface area (Å²) < 4.78 is 2.24. The first kappa shape index (κ1) is 83.3. The minimum atomic E-state index is 1.12. The molecule has 0 saturated heterocycles. The molecule has 12 aromatic rings. The predicted molar refractivity (Wildman–Crippen MR) is 441 cm³/mol. The van der Waals surface area contributed by atoms with Crippen molar-refractivity contribution < 1.29 is 0 Å². The number of benzene rings is 11. The molecule has 1 aromatic heterocycles. The van der Waals surface area contributed by atoms with Crippen LogP contribution in [0.1, 0.15) is 206 Å². The van der Waals surface area contributed by atoms with E-state index < -0.39 is 0 Å². The van der Waals surface area contributed by atoms with Gasteiger partial charge in [-0.25, -0.2) is 0 Å². The number of hydrogen-bond donors (Lipinski definition) is 0. The number of fused-ring (bicyclic) bond motifs is 9. The second-order valence-electron chi connectivity index (χ2n) is 20.8. The highest BCUT2D eigenvalue weighted by Gasteiger charge is 2.11. The van der Waals surface area contributed by atoms with Gasteiger partial charge in [-0.3, -0.25) is 0 Å². The molecule has 1 nitrogen and oxygen atoms in total. The SMILES string of the molecule is C1=Cc2cccc3cccc1c23.C1=Cc2ccccc2C1.C1=Cc2ccccc2CC1.CC.CC.CC.CC.CC.CC.CC.CC.CC.Cn1c2ccccc2c2ccccc21.c1ccc2c(c1)CCC2.c1ccc2cc3c(cc2c1)CCCC3.c1ccc2ccccc2c1. The van der Waals surface area contributed by atoms with Crippen LogP contribution in [-0.4, -0.2) is 4.57 Å². The Kier molecular flexibility index (Phi) is 44.7. The monoisotopic (exact) mass is 1280 g/mol. The lowest BCUT2D eigenvalue weighted by atomic mass is 9.89. The van der Waals surface area contributed by atoms with Gasteiger partial charge in [0.15, 0.2) is 0 Å². The quantitative estimate of drug-likeness (QED) is 0.143. The van der Waals surface area contributed by atoms with E-state index in [2.05, 4.69) is 291 Å². The van der Waals surface area contributed by atoms with Crippen molar-refractivity contribution in [3.63, 3.8) is 0 Å². The van der Waals surface area contributed by atoms with Crippen LogP contribution >= 0.6 is 0 Å². The molecule has 0 radical (unpaired) electrons. The van der Waals surface area contributed by atoms with E-state index in [1.807, 2.05) is 125 Å². The Morgan fingerprint density at radius 2 is 0.562 bits per heavy atom. The van der Waals surface area contributed by atoms with Crippen molar-refractivity contribution in [3.05, 3.63) is 310 Å². The van der Waals surface area contributed by atoms with Gasteiger partial charge in [-0.1, -0.05) is 392 Å². The highest BCUT2D eigenvalue weighted by Crippen LogP contribution is 2.31. The van der Waals surface area contributed by atoms with Crippen LogP contribution in [0.25, 0.3) is 78.4 Å². The fourth-order valence-electron chi connectivity index (χ4n) is 11.6. The second-order valence-corrected chi connectivity index (χ2v) is 20.8. The summed E-state index contributed by atoms with van der Waals surface area (Å²) in [4.78, 5) is 0. The van der Waals surface area contributed by atoms with Crippen LogP contribution in [0.2, 0.25) is 0 Å². The Bertz CT molecular complexity index is 3830. The molecule has 5 aliphatic carbocycles. The maximum atomic E-state index is 2.38. The van der Waals surface area contributed by atoms with Crippen molar-refractivity contribution in [2.24, 2.45) is 7.05 Å². The van der Waals surface area contributed by atoms with Gasteiger partial charge in [0.25, 0.3) is 0 Å². The third kappa shape index (κ3) is 25.4. The zero-order chi connectivity index (χ0) is 70.7. The highest BCUT2D eigenvalue weighted by molar-refractivity contribution is 6.08. The number of para-hydroxylation sites is 2. The topological polar surface area (TPSA) is 4.93 Å². The number of hydrogen-bond acceptors (Lipinski definition) is 0. The number of rotatable bonds is 0. The number of nitrogens with zero attached hydrogens (tertiary/aromatic N) is 1. The number of aryl methyl sites for hydroxylation is 6. The summed E-state index contributed by atoms with van der Waals surface area (Å²) >= 11 is 0. The van der Waals surface area contributed by atoms with Crippen LogP contribution in [0.3, 0.4) is 0 Å². The Morgan fingerprint density at radius 1 is 0.240 bits per heavy atom. The lowest BCUT2D eigenvalue weighted by molar-refractivity contribution is 0.687. The summed E-state index contributed by atoms with van der Waals surface area (Å²) in [6, 6.07) is 85.8. The number of allylic oxidation sites excluding steroid dienone is 2. The molecular weight excluding hydrogens is 1160 g/mol. The molecule has 0 fully saturated rings. The Hall–Kier alpha value is -8.78. The summed E-state index contributed by atoms with van der Waals surface area (Å²) in [6.07, 6.45) is 26.0. The Labute approximate surface area is 585 Å². The van der Waals surface area contributed by atoms with Crippen molar-refractivity contribution >= 4 is 78.4 Å². The van der Waals surface area contributed by atoms with E-state index in [0.29, 0.717) is 0 Å². The van der Waals surface area contributed by atoms with Crippen LogP contribution in [0, 0.1) is 0 Å². The minimum Gasteiger partial charge on any atom is -0.344 e. The molecule has 0 bridgehead atoms. The summed E-state index contributed by atoms with van der Waals surface area (Å²) in [5.74, 6) is 0. The molecule has 508 valence electrons. The lowest BCUT2D eigenvalue weighted by Gasteiger charge is -2.16. The molecule has 1 heterocycles. The van der Waals surface area contributed by atoms with Crippen LogP contribution in [0.5, 0.6) is 0 Å². The van der Waals surface area contributed by atoms with Gasteiger partial charge in [-0.15, -0.1) is 0 Å². The minimum absolute atomic E-state index is 1.12.